The Morgan fingerprint density at radius 1 is 0.906 bits per heavy atom. The fourth-order valence-electron chi connectivity index (χ4n) is 4.64. The van der Waals surface area contributed by atoms with Crippen LogP contribution in [0, 0.1) is 13.8 Å². The molecule has 6 heteroatoms. The molecule has 1 saturated heterocycles. The van der Waals surface area contributed by atoms with E-state index in [4.69, 9.17) is 23.8 Å². The molecule has 2 atom stereocenters. The van der Waals surface area contributed by atoms with E-state index in [0.29, 0.717) is 5.11 Å². The number of aromatic nitrogens is 2. The zero-order chi connectivity index (χ0) is 22.2. The Bertz CT molecular complexity index is 1270. The number of halogens is 1. The van der Waals surface area contributed by atoms with Gasteiger partial charge in [-0.15, -0.1) is 0 Å². The molecule has 1 aliphatic rings. The van der Waals surface area contributed by atoms with Gasteiger partial charge in [0.15, 0.2) is 5.11 Å². The number of nitrogens with zero attached hydrogens (tertiary/aromatic N) is 3. The van der Waals surface area contributed by atoms with E-state index in [2.05, 4.69) is 63.9 Å². The first kappa shape index (κ1) is 20.7. The highest BCUT2D eigenvalue weighted by molar-refractivity contribution is 7.80. The summed E-state index contributed by atoms with van der Waals surface area (Å²) in [4.78, 5) is 6.86. The molecule has 0 unspecified atom stereocenters. The number of aryl methyl sites for hydroxylation is 1. The standard InChI is InChI=1S/C26H23ClN4S/c1-17-15-22(18(2)30(17)21-12-8-9-19(27)16-21)25-24(23-13-6-7-14-28-23)29-26(32)31(25)20-10-4-3-5-11-20/h3-16,24-25H,1-2H3,(H,29,32)/t24-,25+/m0/s1. The van der Waals surface area contributed by atoms with Crippen LogP contribution in [0.2, 0.25) is 5.02 Å². The number of pyridine rings is 1. The summed E-state index contributed by atoms with van der Waals surface area (Å²) < 4.78 is 2.25. The first-order valence-corrected chi connectivity index (χ1v) is 11.3. The Balaban J connectivity index is 1.68. The van der Waals surface area contributed by atoms with Crippen LogP contribution in [0.15, 0.2) is 85.1 Å². The second-order valence-electron chi connectivity index (χ2n) is 7.97. The van der Waals surface area contributed by atoms with E-state index in [1.54, 1.807) is 0 Å². The molecule has 1 N–H and O–H groups in total. The second-order valence-corrected chi connectivity index (χ2v) is 8.80. The first-order valence-electron chi connectivity index (χ1n) is 10.5. The van der Waals surface area contributed by atoms with Gasteiger partial charge < -0.3 is 14.8 Å². The van der Waals surface area contributed by atoms with Gasteiger partial charge in [0, 0.05) is 34.0 Å². The van der Waals surface area contributed by atoms with Gasteiger partial charge in [0.25, 0.3) is 0 Å². The molecule has 32 heavy (non-hydrogen) atoms. The minimum Gasteiger partial charge on any atom is -0.351 e. The van der Waals surface area contributed by atoms with E-state index in [1.165, 1.54) is 5.56 Å². The average molecular weight is 459 g/mol. The number of nitrogens with one attached hydrogen (secondary N) is 1. The number of anilines is 1. The third-order valence-corrected chi connectivity index (χ3v) is 6.54. The van der Waals surface area contributed by atoms with E-state index in [0.717, 1.165) is 33.5 Å². The number of rotatable bonds is 4. The molecule has 0 radical (unpaired) electrons. The van der Waals surface area contributed by atoms with Gasteiger partial charge in [-0.1, -0.05) is 41.9 Å². The molecule has 0 amide bonds. The number of para-hydroxylation sites is 1. The number of hydrogen-bond acceptors (Lipinski definition) is 2. The molecule has 0 spiro atoms. The van der Waals surface area contributed by atoms with Crippen molar-refractivity contribution in [3.8, 4) is 5.69 Å². The van der Waals surface area contributed by atoms with Crippen molar-refractivity contribution in [2.24, 2.45) is 0 Å². The molecule has 4 aromatic rings. The molecule has 1 fully saturated rings. The zero-order valence-electron chi connectivity index (χ0n) is 17.9. The smallest absolute Gasteiger partial charge is 0.174 e. The lowest BCUT2D eigenvalue weighted by molar-refractivity contribution is 0.565. The largest absolute Gasteiger partial charge is 0.351 e. The molecular weight excluding hydrogens is 436 g/mol. The van der Waals surface area contributed by atoms with Crippen molar-refractivity contribution in [1.82, 2.24) is 14.9 Å². The molecule has 0 aliphatic carbocycles. The Morgan fingerprint density at radius 2 is 1.66 bits per heavy atom. The van der Waals surface area contributed by atoms with E-state index in [9.17, 15) is 0 Å². The highest BCUT2D eigenvalue weighted by Gasteiger charge is 2.42. The minimum absolute atomic E-state index is 0.0427. The molecule has 2 aromatic carbocycles. The summed E-state index contributed by atoms with van der Waals surface area (Å²) in [6.45, 7) is 4.28. The molecule has 4 nitrogen and oxygen atoms in total. The predicted molar refractivity (Wildman–Crippen MR) is 135 cm³/mol. The molecule has 160 valence electrons. The fraction of sp³-hybridized carbons (Fsp3) is 0.154. The van der Waals surface area contributed by atoms with Gasteiger partial charge in [-0.3, -0.25) is 4.98 Å². The van der Waals surface area contributed by atoms with Gasteiger partial charge in [-0.05, 0) is 80.2 Å². The fourth-order valence-corrected chi connectivity index (χ4v) is 5.17. The highest BCUT2D eigenvalue weighted by atomic mass is 35.5. The Labute approximate surface area is 198 Å². The van der Waals surface area contributed by atoms with Crippen LogP contribution >= 0.6 is 23.8 Å². The molecule has 2 aromatic heterocycles. The van der Waals surface area contributed by atoms with Crippen molar-refractivity contribution in [2.45, 2.75) is 25.9 Å². The summed E-state index contributed by atoms with van der Waals surface area (Å²) in [6.07, 6.45) is 1.83. The van der Waals surface area contributed by atoms with E-state index in [-0.39, 0.29) is 12.1 Å². The van der Waals surface area contributed by atoms with Crippen molar-refractivity contribution in [3.05, 3.63) is 113 Å². The molecule has 1 aliphatic heterocycles. The molecule has 3 heterocycles. The monoisotopic (exact) mass is 458 g/mol. The maximum Gasteiger partial charge on any atom is 0.174 e. The summed E-state index contributed by atoms with van der Waals surface area (Å²) in [5, 5.41) is 4.96. The zero-order valence-corrected chi connectivity index (χ0v) is 19.4. The van der Waals surface area contributed by atoms with E-state index < -0.39 is 0 Å². The summed E-state index contributed by atoms with van der Waals surface area (Å²) in [5.41, 5.74) is 6.57. The van der Waals surface area contributed by atoms with Crippen molar-refractivity contribution in [2.75, 3.05) is 4.90 Å². The summed E-state index contributed by atoms with van der Waals surface area (Å²) in [7, 11) is 0. The van der Waals surface area contributed by atoms with Crippen LogP contribution in [-0.4, -0.2) is 14.7 Å². The predicted octanol–water partition coefficient (Wildman–Crippen LogP) is 6.32. The van der Waals surface area contributed by atoms with Crippen molar-refractivity contribution >= 4 is 34.6 Å². The first-order chi connectivity index (χ1) is 15.5. The van der Waals surface area contributed by atoms with E-state index >= 15 is 0 Å². The van der Waals surface area contributed by atoms with Crippen molar-refractivity contribution in [3.63, 3.8) is 0 Å². The Hall–Kier alpha value is -3.15. The SMILES string of the molecule is Cc1cc([C@@H]2[C@H](c3ccccn3)NC(=S)N2c2ccccc2)c(C)n1-c1cccc(Cl)c1. The van der Waals surface area contributed by atoms with E-state index in [1.807, 2.05) is 54.7 Å². The van der Waals surface area contributed by atoms with Crippen LogP contribution in [0.3, 0.4) is 0 Å². The normalized spacial score (nSPS) is 18.1. The van der Waals surface area contributed by atoms with Gasteiger partial charge in [0.2, 0.25) is 0 Å². The summed E-state index contributed by atoms with van der Waals surface area (Å²) in [5.74, 6) is 0. The third kappa shape index (κ3) is 3.57. The lowest BCUT2D eigenvalue weighted by atomic mass is 9.96. The van der Waals surface area contributed by atoms with Crippen LogP contribution in [-0.2, 0) is 0 Å². The summed E-state index contributed by atoms with van der Waals surface area (Å²) in [6, 6.07) is 26.4. The molecule has 0 bridgehead atoms. The van der Waals surface area contributed by atoms with Crippen LogP contribution in [0.5, 0.6) is 0 Å². The minimum atomic E-state index is -0.0720. The number of hydrogen-bond donors (Lipinski definition) is 1. The third-order valence-electron chi connectivity index (χ3n) is 5.99. The van der Waals surface area contributed by atoms with Crippen molar-refractivity contribution in [1.29, 1.82) is 0 Å². The molecule has 5 rings (SSSR count). The Kier molecular flexibility index (Phi) is 5.45. The maximum atomic E-state index is 6.30. The van der Waals surface area contributed by atoms with Crippen molar-refractivity contribution < 1.29 is 0 Å². The van der Waals surface area contributed by atoms with Crippen LogP contribution in [0.4, 0.5) is 5.69 Å². The maximum absolute atomic E-state index is 6.30. The van der Waals surface area contributed by atoms with Gasteiger partial charge in [0.1, 0.15) is 0 Å². The van der Waals surface area contributed by atoms with Gasteiger partial charge in [-0.2, -0.15) is 0 Å². The van der Waals surface area contributed by atoms with Crippen LogP contribution in [0.1, 0.15) is 34.7 Å². The lowest BCUT2D eigenvalue weighted by Crippen LogP contribution is -2.29. The lowest BCUT2D eigenvalue weighted by Gasteiger charge is -2.28. The average Bonchev–Trinajstić information content (AvgIpc) is 3.30. The van der Waals surface area contributed by atoms with Crippen LogP contribution < -0.4 is 10.2 Å². The van der Waals surface area contributed by atoms with Gasteiger partial charge in [0.05, 0.1) is 17.8 Å². The second kappa shape index (κ2) is 8.41. The Morgan fingerprint density at radius 3 is 2.38 bits per heavy atom. The van der Waals surface area contributed by atoms with Gasteiger partial charge in [-0.25, -0.2) is 0 Å². The summed E-state index contributed by atoms with van der Waals surface area (Å²) >= 11 is 12.1. The van der Waals surface area contributed by atoms with Crippen LogP contribution in [0.25, 0.3) is 5.69 Å². The molecular formula is C26H23ClN4S. The van der Waals surface area contributed by atoms with Gasteiger partial charge >= 0.3 is 0 Å². The molecule has 0 saturated carbocycles. The topological polar surface area (TPSA) is 33.1 Å². The highest BCUT2D eigenvalue weighted by Crippen LogP contribution is 2.43. The number of thiocarbonyl (C=S) groups is 1. The number of benzene rings is 2. The quantitative estimate of drug-likeness (QED) is 0.363.